The molecule has 5 nitrogen and oxygen atoms in total. The molecule has 1 fully saturated rings. The fourth-order valence-corrected chi connectivity index (χ4v) is 2.91. The van der Waals surface area contributed by atoms with Crippen LogP contribution in [0.1, 0.15) is 44.2 Å². The molecule has 1 aromatic heterocycles. The van der Waals surface area contributed by atoms with Crippen LogP contribution in [0.15, 0.2) is 6.07 Å². The second-order valence-corrected chi connectivity index (χ2v) is 5.65. The molecular weight excluding hydrogens is 240 g/mol. The van der Waals surface area contributed by atoms with E-state index in [1.54, 1.807) is 4.68 Å². The highest BCUT2D eigenvalue weighted by Gasteiger charge is 2.37. The number of nitrogens with one attached hydrogen (secondary N) is 1. The van der Waals surface area contributed by atoms with E-state index in [-0.39, 0.29) is 5.91 Å². The largest absolute Gasteiger partial charge is 0.329 e. The average Bonchev–Trinajstić information content (AvgIpc) is 2.59. The fraction of sp³-hybridized carbons (Fsp3) is 0.714. The van der Waals surface area contributed by atoms with Crippen molar-refractivity contribution in [2.24, 2.45) is 18.2 Å². The molecule has 106 valence electrons. The van der Waals surface area contributed by atoms with E-state index in [0.29, 0.717) is 6.54 Å². The Morgan fingerprint density at radius 3 is 2.53 bits per heavy atom. The first kappa shape index (κ1) is 14.1. The highest BCUT2D eigenvalue weighted by Crippen LogP contribution is 2.35. The number of nitrogens with two attached hydrogens (primary N) is 1. The molecule has 0 aromatic carbocycles. The van der Waals surface area contributed by atoms with Crippen LogP contribution in [0, 0.1) is 12.3 Å². The van der Waals surface area contributed by atoms with Gasteiger partial charge in [-0.15, -0.1) is 0 Å². The van der Waals surface area contributed by atoms with E-state index in [0.717, 1.165) is 37.2 Å². The quantitative estimate of drug-likeness (QED) is 0.820. The van der Waals surface area contributed by atoms with Crippen LogP contribution < -0.4 is 11.1 Å². The number of hydrogen-bond acceptors (Lipinski definition) is 3. The number of carbonyl (C=O) groups is 1. The van der Waals surface area contributed by atoms with Crippen molar-refractivity contribution in [1.82, 2.24) is 9.78 Å². The highest BCUT2D eigenvalue weighted by atomic mass is 16.2. The second-order valence-electron chi connectivity index (χ2n) is 5.65. The number of aromatic nitrogens is 2. The van der Waals surface area contributed by atoms with E-state index in [1.807, 2.05) is 20.0 Å². The van der Waals surface area contributed by atoms with Crippen molar-refractivity contribution in [3.05, 3.63) is 11.8 Å². The lowest BCUT2D eigenvalue weighted by molar-refractivity contribution is -0.125. The Bertz CT molecular complexity index is 444. The Hall–Kier alpha value is -1.36. The number of rotatable bonds is 3. The maximum absolute atomic E-state index is 12.6. The van der Waals surface area contributed by atoms with Crippen LogP contribution in [0.2, 0.25) is 0 Å². The molecule has 0 bridgehead atoms. The molecule has 1 saturated carbocycles. The lowest BCUT2D eigenvalue weighted by Crippen LogP contribution is -2.42. The van der Waals surface area contributed by atoms with E-state index in [1.165, 1.54) is 12.8 Å². The first-order valence-corrected chi connectivity index (χ1v) is 7.09. The molecule has 1 aromatic rings. The van der Waals surface area contributed by atoms with Gasteiger partial charge in [-0.1, -0.05) is 25.7 Å². The molecule has 1 amide bonds. The van der Waals surface area contributed by atoms with Gasteiger partial charge >= 0.3 is 0 Å². The van der Waals surface area contributed by atoms with Gasteiger partial charge in [0.25, 0.3) is 0 Å². The Kier molecular flexibility index (Phi) is 4.24. The lowest BCUT2D eigenvalue weighted by Gasteiger charge is -2.29. The Morgan fingerprint density at radius 1 is 1.42 bits per heavy atom. The molecule has 1 aliphatic rings. The first-order valence-electron chi connectivity index (χ1n) is 7.09. The average molecular weight is 264 g/mol. The molecular formula is C14H24N4O. The third-order valence-electron chi connectivity index (χ3n) is 4.18. The molecule has 0 unspecified atom stereocenters. The van der Waals surface area contributed by atoms with Crippen LogP contribution >= 0.6 is 0 Å². The highest BCUT2D eigenvalue weighted by molar-refractivity contribution is 5.94. The number of nitrogens with zero attached hydrogens (tertiary/aromatic N) is 2. The van der Waals surface area contributed by atoms with Crippen molar-refractivity contribution in [2.45, 2.75) is 45.4 Å². The van der Waals surface area contributed by atoms with Gasteiger partial charge in [-0.25, -0.2) is 0 Å². The van der Waals surface area contributed by atoms with Crippen LogP contribution in [-0.4, -0.2) is 22.2 Å². The van der Waals surface area contributed by atoms with Crippen LogP contribution in [0.5, 0.6) is 0 Å². The second kappa shape index (κ2) is 5.74. The first-order chi connectivity index (χ1) is 9.07. The minimum Gasteiger partial charge on any atom is -0.329 e. The lowest BCUT2D eigenvalue weighted by atomic mass is 9.79. The Labute approximate surface area is 114 Å². The molecule has 2 rings (SSSR count). The van der Waals surface area contributed by atoms with Crippen molar-refractivity contribution in [1.29, 1.82) is 0 Å². The molecule has 5 heteroatoms. The summed E-state index contributed by atoms with van der Waals surface area (Å²) >= 11 is 0. The van der Waals surface area contributed by atoms with E-state index in [4.69, 9.17) is 5.73 Å². The summed E-state index contributed by atoms with van der Waals surface area (Å²) in [6.07, 6.45) is 6.39. The predicted octanol–water partition coefficient (Wildman–Crippen LogP) is 1.97. The van der Waals surface area contributed by atoms with Gasteiger partial charge in [-0.3, -0.25) is 9.48 Å². The number of aryl methyl sites for hydroxylation is 2. The number of hydrogen-bond donors (Lipinski definition) is 2. The summed E-state index contributed by atoms with van der Waals surface area (Å²) in [5.41, 5.74) is 6.43. The molecule has 0 saturated heterocycles. The summed E-state index contributed by atoms with van der Waals surface area (Å²) in [4.78, 5) is 12.6. The van der Waals surface area contributed by atoms with Gasteiger partial charge in [-0.05, 0) is 19.8 Å². The number of amides is 1. The van der Waals surface area contributed by atoms with Crippen LogP contribution in [0.25, 0.3) is 0 Å². The fourth-order valence-electron chi connectivity index (χ4n) is 2.91. The summed E-state index contributed by atoms with van der Waals surface area (Å²) in [7, 11) is 1.84. The van der Waals surface area contributed by atoms with Gasteiger partial charge in [-0.2, -0.15) is 5.10 Å². The van der Waals surface area contributed by atoms with Crippen molar-refractivity contribution in [3.8, 4) is 0 Å². The van der Waals surface area contributed by atoms with Gasteiger partial charge in [0.1, 0.15) is 5.82 Å². The van der Waals surface area contributed by atoms with Crippen LogP contribution in [0.3, 0.4) is 0 Å². The van der Waals surface area contributed by atoms with Gasteiger partial charge in [0.15, 0.2) is 0 Å². The molecule has 1 aliphatic carbocycles. The summed E-state index contributed by atoms with van der Waals surface area (Å²) in [6.45, 7) is 2.34. The van der Waals surface area contributed by atoms with E-state index in [2.05, 4.69) is 10.4 Å². The summed E-state index contributed by atoms with van der Waals surface area (Å²) in [5.74, 6) is 0.805. The summed E-state index contributed by atoms with van der Waals surface area (Å²) < 4.78 is 1.70. The van der Waals surface area contributed by atoms with Crippen molar-refractivity contribution in [3.63, 3.8) is 0 Å². The predicted molar refractivity (Wildman–Crippen MR) is 75.8 cm³/mol. The van der Waals surface area contributed by atoms with Gasteiger partial charge in [0, 0.05) is 19.7 Å². The Balaban J connectivity index is 2.14. The molecule has 0 radical (unpaired) electrons. The van der Waals surface area contributed by atoms with E-state index < -0.39 is 5.41 Å². The minimum absolute atomic E-state index is 0.0555. The monoisotopic (exact) mass is 264 g/mol. The maximum Gasteiger partial charge on any atom is 0.233 e. The van der Waals surface area contributed by atoms with Gasteiger partial charge in [0.2, 0.25) is 5.91 Å². The van der Waals surface area contributed by atoms with Crippen molar-refractivity contribution >= 4 is 11.7 Å². The zero-order valence-electron chi connectivity index (χ0n) is 11.9. The van der Waals surface area contributed by atoms with Crippen molar-refractivity contribution < 1.29 is 4.79 Å². The van der Waals surface area contributed by atoms with Crippen molar-refractivity contribution in [2.75, 3.05) is 11.9 Å². The standard InChI is InChI=1S/C14H24N4O/c1-11-9-12(18(2)17-11)16-13(19)14(10-15)7-5-3-4-6-8-14/h9H,3-8,10,15H2,1-2H3,(H,16,19). The van der Waals surface area contributed by atoms with Crippen LogP contribution in [-0.2, 0) is 11.8 Å². The molecule has 0 spiro atoms. The molecule has 0 atom stereocenters. The maximum atomic E-state index is 12.6. The molecule has 3 N–H and O–H groups in total. The van der Waals surface area contributed by atoms with E-state index >= 15 is 0 Å². The van der Waals surface area contributed by atoms with E-state index in [9.17, 15) is 4.79 Å². The molecule has 19 heavy (non-hydrogen) atoms. The third-order valence-corrected chi connectivity index (χ3v) is 4.18. The smallest absolute Gasteiger partial charge is 0.233 e. The molecule has 1 heterocycles. The van der Waals surface area contributed by atoms with Gasteiger partial charge < -0.3 is 11.1 Å². The third kappa shape index (κ3) is 2.97. The zero-order valence-corrected chi connectivity index (χ0v) is 11.9. The number of carbonyl (C=O) groups excluding carboxylic acids is 1. The SMILES string of the molecule is Cc1cc(NC(=O)C2(CN)CCCCCC2)n(C)n1. The van der Waals surface area contributed by atoms with Gasteiger partial charge in [0.05, 0.1) is 11.1 Å². The minimum atomic E-state index is -0.394. The molecule has 0 aliphatic heterocycles. The summed E-state index contributed by atoms with van der Waals surface area (Å²) in [5, 5.41) is 7.25. The topological polar surface area (TPSA) is 72.9 Å². The summed E-state index contributed by atoms with van der Waals surface area (Å²) in [6, 6.07) is 1.89. The zero-order chi connectivity index (χ0) is 13.9. The van der Waals surface area contributed by atoms with Crippen LogP contribution in [0.4, 0.5) is 5.82 Å². The normalized spacial score (nSPS) is 18.9. The Morgan fingerprint density at radius 2 is 2.05 bits per heavy atom. The number of anilines is 1.